The van der Waals surface area contributed by atoms with Crippen molar-refractivity contribution in [3.63, 3.8) is 0 Å². The van der Waals surface area contributed by atoms with Crippen LogP contribution in [0.5, 0.6) is 5.75 Å². The van der Waals surface area contributed by atoms with E-state index in [4.69, 9.17) is 9.73 Å². The Morgan fingerprint density at radius 3 is 2.75 bits per heavy atom. The van der Waals surface area contributed by atoms with E-state index in [-0.39, 0.29) is 24.0 Å². The first-order chi connectivity index (χ1) is 11.2. The highest BCUT2D eigenvalue weighted by Gasteiger charge is 2.24. The Morgan fingerprint density at radius 1 is 1.38 bits per heavy atom. The van der Waals surface area contributed by atoms with Crippen LogP contribution in [-0.4, -0.2) is 37.2 Å². The van der Waals surface area contributed by atoms with Crippen LogP contribution in [0.15, 0.2) is 23.2 Å². The molecule has 0 heterocycles. The van der Waals surface area contributed by atoms with E-state index in [2.05, 4.69) is 42.9 Å². The third-order valence-electron chi connectivity index (χ3n) is 4.28. The lowest BCUT2D eigenvalue weighted by molar-refractivity contribution is 0.411. The van der Waals surface area contributed by atoms with Gasteiger partial charge in [-0.3, -0.25) is 0 Å². The van der Waals surface area contributed by atoms with Gasteiger partial charge in [0, 0.05) is 17.8 Å². The lowest BCUT2D eigenvalue weighted by Gasteiger charge is -2.17. The number of rotatable bonds is 6. The fraction of sp³-hybridized carbons (Fsp3) is 0.611. The Kier molecular flexibility index (Phi) is 9.88. The number of nitrogens with one attached hydrogen (secondary N) is 2. The molecule has 136 valence electrons. The van der Waals surface area contributed by atoms with Crippen molar-refractivity contribution in [3.8, 4) is 5.75 Å². The number of ether oxygens (including phenoxy) is 1. The molecule has 1 aromatic rings. The predicted molar refractivity (Wildman–Crippen MR) is 116 cm³/mol. The van der Waals surface area contributed by atoms with Gasteiger partial charge in [0.05, 0.1) is 13.7 Å². The topological polar surface area (TPSA) is 45.7 Å². The monoisotopic (exact) mass is 463 g/mol. The highest BCUT2D eigenvalue weighted by atomic mass is 127. The summed E-state index contributed by atoms with van der Waals surface area (Å²) in [6.07, 6.45) is 5.97. The van der Waals surface area contributed by atoms with Crippen molar-refractivity contribution in [2.24, 2.45) is 4.99 Å². The molecule has 1 fully saturated rings. The molecule has 2 atom stereocenters. The Balaban J connectivity index is 0.00000288. The number of hydrogen-bond donors (Lipinski definition) is 2. The van der Waals surface area contributed by atoms with Crippen molar-refractivity contribution in [2.45, 2.75) is 50.9 Å². The largest absolute Gasteiger partial charge is 0.496 e. The molecule has 2 N–H and O–H groups in total. The first-order valence-corrected chi connectivity index (χ1v) is 9.66. The summed E-state index contributed by atoms with van der Waals surface area (Å²) in [5.41, 5.74) is 2.35. The minimum Gasteiger partial charge on any atom is -0.496 e. The van der Waals surface area contributed by atoms with Crippen LogP contribution in [0, 0.1) is 6.92 Å². The average molecular weight is 463 g/mol. The van der Waals surface area contributed by atoms with Crippen LogP contribution >= 0.6 is 35.7 Å². The minimum absolute atomic E-state index is 0. The molecule has 4 nitrogen and oxygen atoms in total. The number of aryl methyl sites for hydroxylation is 1. The van der Waals surface area contributed by atoms with Crippen LogP contribution in [-0.2, 0) is 6.54 Å². The van der Waals surface area contributed by atoms with Gasteiger partial charge < -0.3 is 15.4 Å². The van der Waals surface area contributed by atoms with Crippen molar-refractivity contribution in [1.82, 2.24) is 10.6 Å². The summed E-state index contributed by atoms with van der Waals surface area (Å²) in [5.74, 6) is 1.85. The molecule has 1 saturated carbocycles. The minimum atomic E-state index is 0. The summed E-state index contributed by atoms with van der Waals surface area (Å²) in [5, 5.41) is 7.74. The van der Waals surface area contributed by atoms with Crippen LogP contribution in [0.25, 0.3) is 0 Å². The van der Waals surface area contributed by atoms with E-state index >= 15 is 0 Å². The molecule has 1 aliphatic rings. The molecule has 2 rings (SSSR count). The zero-order valence-electron chi connectivity index (χ0n) is 15.1. The third kappa shape index (κ3) is 6.35. The lowest BCUT2D eigenvalue weighted by atomic mass is 10.1. The number of aliphatic imine (C=N–C) groups is 1. The highest BCUT2D eigenvalue weighted by molar-refractivity contribution is 14.0. The normalized spacial score (nSPS) is 20.4. The summed E-state index contributed by atoms with van der Waals surface area (Å²) in [6, 6.07) is 6.78. The zero-order chi connectivity index (χ0) is 16.7. The van der Waals surface area contributed by atoms with E-state index in [9.17, 15) is 0 Å². The fourth-order valence-electron chi connectivity index (χ4n) is 3.01. The van der Waals surface area contributed by atoms with Crippen LogP contribution in [0.1, 0.15) is 37.3 Å². The van der Waals surface area contributed by atoms with Gasteiger partial charge >= 0.3 is 0 Å². The lowest BCUT2D eigenvalue weighted by Crippen LogP contribution is -2.42. The summed E-state index contributed by atoms with van der Waals surface area (Å²) in [7, 11) is 1.71. The molecular weight excluding hydrogens is 433 g/mol. The summed E-state index contributed by atoms with van der Waals surface area (Å²) in [6.45, 7) is 5.73. The molecule has 0 amide bonds. The van der Waals surface area contributed by atoms with Gasteiger partial charge in [-0.15, -0.1) is 24.0 Å². The van der Waals surface area contributed by atoms with E-state index in [1.165, 1.54) is 24.8 Å². The maximum Gasteiger partial charge on any atom is 0.191 e. The van der Waals surface area contributed by atoms with Crippen molar-refractivity contribution in [3.05, 3.63) is 29.3 Å². The summed E-state index contributed by atoms with van der Waals surface area (Å²) >= 11 is 1.98. The highest BCUT2D eigenvalue weighted by Crippen LogP contribution is 2.28. The molecule has 1 aromatic carbocycles. The SMILES string of the molecule is CCNC(=NCc1ccc(OC)c(C)c1)NC1CCC(SC)C1.I. The number of halogens is 1. The second kappa shape index (κ2) is 11.1. The number of hydrogen-bond acceptors (Lipinski definition) is 3. The Hall–Kier alpha value is -0.630. The van der Waals surface area contributed by atoms with Gasteiger partial charge in [0.15, 0.2) is 5.96 Å². The molecular formula is C18H30IN3OS. The molecule has 2 unspecified atom stereocenters. The van der Waals surface area contributed by atoms with Gasteiger partial charge in [-0.2, -0.15) is 11.8 Å². The molecule has 0 bridgehead atoms. The fourth-order valence-corrected chi connectivity index (χ4v) is 3.80. The third-order valence-corrected chi connectivity index (χ3v) is 5.38. The van der Waals surface area contributed by atoms with Crippen molar-refractivity contribution >= 4 is 41.7 Å². The van der Waals surface area contributed by atoms with E-state index < -0.39 is 0 Å². The summed E-state index contributed by atoms with van der Waals surface area (Å²) in [4.78, 5) is 4.74. The second-order valence-electron chi connectivity index (χ2n) is 6.01. The average Bonchev–Trinajstić information content (AvgIpc) is 3.00. The standard InChI is InChI=1S/C18H29N3OS.HI/c1-5-19-18(21-15-7-8-16(11-15)23-4)20-12-14-6-9-17(22-3)13(2)10-14;/h6,9-10,15-16H,5,7-8,11-12H2,1-4H3,(H2,19,20,21);1H. The number of guanidine groups is 1. The first kappa shape index (κ1) is 21.4. The molecule has 24 heavy (non-hydrogen) atoms. The van der Waals surface area contributed by atoms with Crippen molar-refractivity contribution in [2.75, 3.05) is 19.9 Å². The Morgan fingerprint density at radius 2 is 2.17 bits per heavy atom. The second-order valence-corrected chi connectivity index (χ2v) is 7.15. The van der Waals surface area contributed by atoms with Crippen LogP contribution in [0.3, 0.4) is 0 Å². The molecule has 6 heteroatoms. The molecule has 0 aromatic heterocycles. The molecule has 0 aliphatic heterocycles. The van der Waals surface area contributed by atoms with Gasteiger partial charge in [0.1, 0.15) is 5.75 Å². The predicted octanol–water partition coefficient (Wildman–Crippen LogP) is 3.96. The molecule has 1 aliphatic carbocycles. The quantitative estimate of drug-likeness (QED) is 0.381. The van der Waals surface area contributed by atoms with Gasteiger partial charge in [-0.1, -0.05) is 12.1 Å². The smallest absolute Gasteiger partial charge is 0.191 e. The Bertz CT molecular complexity index is 539. The van der Waals surface area contributed by atoms with Crippen LogP contribution in [0.4, 0.5) is 0 Å². The van der Waals surface area contributed by atoms with Gasteiger partial charge in [-0.05, 0) is 56.6 Å². The first-order valence-electron chi connectivity index (χ1n) is 8.37. The zero-order valence-corrected chi connectivity index (χ0v) is 18.2. The van der Waals surface area contributed by atoms with E-state index in [1.54, 1.807) is 7.11 Å². The van der Waals surface area contributed by atoms with E-state index in [0.717, 1.165) is 29.1 Å². The number of benzene rings is 1. The number of methoxy groups -OCH3 is 1. The van der Waals surface area contributed by atoms with Crippen molar-refractivity contribution < 1.29 is 4.74 Å². The maximum absolute atomic E-state index is 5.31. The number of nitrogens with zero attached hydrogens (tertiary/aromatic N) is 1. The van der Waals surface area contributed by atoms with E-state index in [1.807, 2.05) is 17.8 Å². The Labute approximate surface area is 167 Å². The van der Waals surface area contributed by atoms with Gasteiger partial charge in [-0.25, -0.2) is 4.99 Å². The van der Waals surface area contributed by atoms with Crippen molar-refractivity contribution in [1.29, 1.82) is 0 Å². The number of thioether (sulfide) groups is 1. The summed E-state index contributed by atoms with van der Waals surface area (Å²) < 4.78 is 5.31. The van der Waals surface area contributed by atoms with E-state index in [0.29, 0.717) is 12.6 Å². The molecule has 0 radical (unpaired) electrons. The maximum atomic E-state index is 5.31. The van der Waals surface area contributed by atoms with Gasteiger partial charge in [0.25, 0.3) is 0 Å². The van der Waals surface area contributed by atoms with Crippen LogP contribution < -0.4 is 15.4 Å². The molecule has 0 spiro atoms. The molecule has 0 saturated heterocycles. The van der Waals surface area contributed by atoms with Gasteiger partial charge in [0.2, 0.25) is 0 Å². The van der Waals surface area contributed by atoms with Crippen LogP contribution in [0.2, 0.25) is 0 Å².